The molecule has 7 heteroatoms. The van der Waals surface area contributed by atoms with Gasteiger partial charge in [-0.1, -0.05) is 37.3 Å². The SMILES string of the molecule is CC1CC(OC(F)(F)F)=CC=C1c1ccc(OCc2cccc(C(=O)O)c2)cc1. The van der Waals surface area contributed by atoms with Crippen molar-refractivity contribution in [3.05, 3.63) is 83.1 Å². The molecule has 4 nitrogen and oxygen atoms in total. The van der Waals surface area contributed by atoms with Crippen molar-refractivity contribution in [1.82, 2.24) is 0 Å². The summed E-state index contributed by atoms with van der Waals surface area (Å²) in [5, 5.41) is 9.03. The van der Waals surface area contributed by atoms with E-state index in [1.165, 1.54) is 12.1 Å². The second kappa shape index (κ2) is 8.43. The molecule has 0 radical (unpaired) electrons. The van der Waals surface area contributed by atoms with Crippen LogP contribution in [0.1, 0.15) is 34.8 Å². The molecule has 0 amide bonds. The maximum absolute atomic E-state index is 12.4. The van der Waals surface area contributed by atoms with E-state index in [0.717, 1.165) is 16.7 Å². The topological polar surface area (TPSA) is 55.8 Å². The number of hydrogen-bond acceptors (Lipinski definition) is 3. The molecule has 0 bridgehead atoms. The Morgan fingerprint density at radius 1 is 1.14 bits per heavy atom. The van der Waals surface area contributed by atoms with Crippen molar-refractivity contribution in [2.75, 3.05) is 0 Å². The van der Waals surface area contributed by atoms with Gasteiger partial charge in [0.25, 0.3) is 0 Å². The van der Waals surface area contributed by atoms with Gasteiger partial charge in [-0.05, 0) is 53.0 Å². The first kappa shape index (κ1) is 20.5. The van der Waals surface area contributed by atoms with Gasteiger partial charge in [0.1, 0.15) is 18.1 Å². The minimum Gasteiger partial charge on any atom is -0.489 e. The van der Waals surface area contributed by atoms with Crippen LogP contribution in [0.2, 0.25) is 0 Å². The average Bonchev–Trinajstić information content (AvgIpc) is 2.66. The van der Waals surface area contributed by atoms with Gasteiger partial charge in [0, 0.05) is 6.42 Å². The molecule has 1 aliphatic carbocycles. The van der Waals surface area contributed by atoms with E-state index in [4.69, 9.17) is 9.84 Å². The molecule has 0 saturated heterocycles. The minimum atomic E-state index is -4.68. The molecule has 1 aliphatic rings. The van der Waals surface area contributed by atoms with Crippen molar-refractivity contribution >= 4 is 11.5 Å². The Morgan fingerprint density at radius 3 is 2.48 bits per heavy atom. The predicted molar refractivity (Wildman–Crippen MR) is 101 cm³/mol. The molecule has 152 valence electrons. The monoisotopic (exact) mass is 404 g/mol. The largest absolute Gasteiger partial charge is 0.572 e. The van der Waals surface area contributed by atoms with Crippen molar-refractivity contribution in [1.29, 1.82) is 0 Å². The van der Waals surface area contributed by atoms with Crippen LogP contribution in [-0.4, -0.2) is 17.4 Å². The fourth-order valence-electron chi connectivity index (χ4n) is 3.14. The lowest BCUT2D eigenvalue weighted by Gasteiger charge is -2.23. The minimum absolute atomic E-state index is 0.0997. The van der Waals surface area contributed by atoms with E-state index in [0.29, 0.717) is 5.75 Å². The smallest absolute Gasteiger partial charge is 0.489 e. The van der Waals surface area contributed by atoms with Gasteiger partial charge in [-0.25, -0.2) is 4.79 Å². The van der Waals surface area contributed by atoms with E-state index in [1.54, 1.807) is 36.4 Å². The van der Waals surface area contributed by atoms with Gasteiger partial charge in [0.15, 0.2) is 0 Å². The van der Waals surface area contributed by atoms with E-state index < -0.39 is 12.3 Å². The van der Waals surface area contributed by atoms with E-state index in [2.05, 4.69) is 4.74 Å². The van der Waals surface area contributed by atoms with Crippen molar-refractivity contribution < 1.29 is 32.5 Å². The Hall–Kier alpha value is -3.22. The third-order valence-corrected chi connectivity index (χ3v) is 4.50. The Bertz CT molecular complexity index is 943. The second-order valence-corrected chi connectivity index (χ2v) is 6.73. The molecule has 1 unspecified atom stereocenters. The fourth-order valence-corrected chi connectivity index (χ4v) is 3.14. The Labute approximate surface area is 165 Å². The third kappa shape index (κ3) is 5.63. The lowest BCUT2D eigenvalue weighted by atomic mass is 9.87. The molecule has 1 atom stereocenters. The number of alkyl halides is 3. The van der Waals surface area contributed by atoms with Gasteiger partial charge in [-0.3, -0.25) is 0 Å². The number of hydrogen-bond donors (Lipinski definition) is 1. The van der Waals surface area contributed by atoms with E-state index >= 15 is 0 Å². The van der Waals surface area contributed by atoms with Crippen LogP contribution in [0, 0.1) is 5.92 Å². The van der Waals surface area contributed by atoms with Crippen LogP contribution >= 0.6 is 0 Å². The molecule has 0 spiro atoms. The van der Waals surface area contributed by atoms with Crippen molar-refractivity contribution in [3.63, 3.8) is 0 Å². The number of halogens is 3. The van der Waals surface area contributed by atoms with Crippen LogP contribution in [0.25, 0.3) is 5.57 Å². The first-order valence-corrected chi connectivity index (χ1v) is 8.93. The van der Waals surface area contributed by atoms with Crippen LogP contribution in [-0.2, 0) is 11.3 Å². The lowest BCUT2D eigenvalue weighted by molar-refractivity contribution is -0.306. The highest BCUT2D eigenvalue weighted by Gasteiger charge is 2.33. The van der Waals surface area contributed by atoms with Gasteiger partial charge < -0.3 is 14.6 Å². The summed E-state index contributed by atoms with van der Waals surface area (Å²) in [6, 6.07) is 13.7. The summed E-state index contributed by atoms with van der Waals surface area (Å²) >= 11 is 0. The van der Waals surface area contributed by atoms with Gasteiger partial charge in [0.2, 0.25) is 0 Å². The number of ether oxygens (including phenoxy) is 2. The van der Waals surface area contributed by atoms with Gasteiger partial charge in [0.05, 0.1) is 5.56 Å². The van der Waals surface area contributed by atoms with E-state index in [-0.39, 0.29) is 30.3 Å². The van der Waals surface area contributed by atoms with E-state index in [1.807, 2.05) is 19.1 Å². The number of carboxylic acid groups (broad SMARTS) is 1. The lowest BCUT2D eigenvalue weighted by Crippen LogP contribution is -2.16. The summed E-state index contributed by atoms with van der Waals surface area (Å²) < 4.78 is 46.8. The number of aromatic carboxylic acids is 1. The normalized spacial score (nSPS) is 16.6. The number of carbonyl (C=O) groups is 1. The zero-order valence-corrected chi connectivity index (χ0v) is 15.6. The predicted octanol–water partition coefficient (Wildman–Crippen LogP) is 5.81. The Balaban J connectivity index is 1.66. The van der Waals surface area contributed by atoms with Crippen molar-refractivity contribution in [2.24, 2.45) is 5.92 Å². The molecule has 0 heterocycles. The van der Waals surface area contributed by atoms with Gasteiger partial charge in [-0.15, -0.1) is 13.2 Å². The number of benzene rings is 2. The summed E-state index contributed by atoms with van der Waals surface area (Å²) in [7, 11) is 0. The van der Waals surface area contributed by atoms with Gasteiger partial charge in [-0.2, -0.15) is 0 Å². The fraction of sp³-hybridized carbons (Fsp3) is 0.227. The highest BCUT2D eigenvalue weighted by atomic mass is 19.4. The summed E-state index contributed by atoms with van der Waals surface area (Å²) in [5.41, 5.74) is 2.74. The molecule has 1 N–H and O–H groups in total. The van der Waals surface area contributed by atoms with E-state index in [9.17, 15) is 18.0 Å². The molecule has 0 saturated carbocycles. The second-order valence-electron chi connectivity index (χ2n) is 6.73. The zero-order valence-electron chi connectivity index (χ0n) is 15.6. The maximum Gasteiger partial charge on any atom is 0.572 e. The number of allylic oxidation sites excluding steroid dienone is 4. The van der Waals surface area contributed by atoms with Crippen LogP contribution in [0.15, 0.2) is 66.4 Å². The summed E-state index contributed by atoms with van der Waals surface area (Å²) in [6.07, 6.45) is -1.52. The first-order valence-electron chi connectivity index (χ1n) is 8.93. The van der Waals surface area contributed by atoms with Crippen LogP contribution in [0.5, 0.6) is 5.75 Å². The quantitative estimate of drug-likeness (QED) is 0.660. The highest BCUT2D eigenvalue weighted by molar-refractivity contribution is 5.87. The van der Waals surface area contributed by atoms with Crippen molar-refractivity contribution in [3.8, 4) is 5.75 Å². The van der Waals surface area contributed by atoms with Crippen LogP contribution < -0.4 is 4.74 Å². The molecule has 2 aromatic rings. The molecule has 0 aliphatic heterocycles. The molecule has 0 fully saturated rings. The summed E-state index contributed by atoms with van der Waals surface area (Å²) in [5.74, 6) is -0.612. The molecular weight excluding hydrogens is 385 g/mol. The van der Waals surface area contributed by atoms with Gasteiger partial charge >= 0.3 is 12.3 Å². The zero-order chi connectivity index (χ0) is 21.0. The average molecular weight is 404 g/mol. The number of rotatable bonds is 6. The summed E-state index contributed by atoms with van der Waals surface area (Å²) in [6.45, 7) is 2.07. The standard InChI is InChI=1S/C22H19F3O4/c1-14-11-19(29-22(23,24)25)9-10-20(14)16-5-7-18(8-6-16)28-13-15-3-2-4-17(12-15)21(26)27/h2-10,12,14H,11,13H2,1H3,(H,26,27). The van der Waals surface area contributed by atoms with Crippen LogP contribution in [0.3, 0.4) is 0 Å². The molecular formula is C22H19F3O4. The maximum atomic E-state index is 12.4. The number of carboxylic acids is 1. The van der Waals surface area contributed by atoms with Crippen molar-refractivity contribution in [2.45, 2.75) is 26.3 Å². The molecule has 3 rings (SSSR count). The molecule has 29 heavy (non-hydrogen) atoms. The summed E-state index contributed by atoms with van der Waals surface area (Å²) in [4.78, 5) is 11.0. The first-order chi connectivity index (χ1) is 13.7. The Morgan fingerprint density at radius 2 is 1.86 bits per heavy atom. The van der Waals surface area contributed by atoms with Crippen LogP contribution in [0.4, 0.5) is 13.2 Å². The highest BCUT2D eigenvalue weighted by Crippen LogP contribution is 2.35. The molecule has 0 aromatic heterocycles. The third-order valence-electron chi connectivity index (χ3n) is 4.50. The Kier molecular flexibility index (Phi) is 5.96. The molecule has 2 aromatic carbocycles.